The number of hydrogen-bond donors (Lipinski definition) is 1. The van der Waals surface area contributed by atoms with Gasteiger partial charge >= 0.3 is 0 Å². The first kappa shape index (κ1) is 14.3. The summed E-state index contributed by atoms with van der Waals surface area (Å²) >= 11 is 3.23. The highest BCUT2D eigenvalue weighted by Crippen LogP contribution is 2.15. The Morgan fingerprint density at radius 2 is 2.29 bits per heavy atom. The molecular weight excluding hydrogens is 284 g/mol. The molecule has 0 aromatic carbocycles. The van der Waals surface area contributed by atoms with Crippen LogP contribution in [0.25, 0.3) is 0 Å². The minimum atomic E-state index is -0.0433. The summed E-state index contributed by atoms with van der Waals surface area (Å²) in [5.41, 5.74) is 5.84. The third-order valence-corrected chi connectivity index (χ3v) is 2.97. The van der Waals surface area contributed by atoms with E-state index in [0.717, 1.165) is 18.6 Å². The minimum Gasteiger partial charge on any atom is -0.452 e. The normalized spacial score (nSPS) is 12.5. The summed E-state index contributed by atoms with van der Waals surface area (Å²) in [4.78, 5) is 13.5. The van der Waals surface area contributed by atoms with E-state index in [2.05, 4.69) is 22.9 Å². The second-order valence-electron chi connectivity index (χ2n) is 4.21. The quantitative estimate of drug-likeness (QED) is 0.878. The van der Waals surface area contributed by atoms with Crippen LogP contribution in [0.15, 0.2) is 21.2 Å². The minimum absolute atomic E-state index is 0.0433. The van der Waals surface area contributed by atoms with Crippen LogP contribution in [-0.2, 0) is 11.3 Å². The van der Waals surface area contributed by atoms with E-state index in [9.17, 15) is 4.79 Å². The van der Waals surface area contributed by atoms with Crippen LogP contribution in [-0.4, -0.2) is 23.9 Å². The monoisotopic (exact) mass is 302 g/mol. The van der Waals surface area contributed by atoms with E-state index in [1.54, 1.807) is 11.9 Å². The molecule has 0 radical (unpaired) electrons. The summed E-state index contributed by atoms with van der Waals surface area (Å²) in [5.74, 6) is 0.815. The summed E-state index contributed by atoms with van der Waals surface area (Å²) < 4.78 is 6.03. The van der Waals surface area contributed by atoms with Gasteiger partial charge in [0.2, 0.25) is 5.91 Å². The first-order valence-electron chi connectivity index (χ1n) is 5.76. The van der Waals surface area contributed by atoms with E-state index in [0.29, 0.717) is 17.6 Å². The van der Waals surface area contributed by atoms with Gasteiger partial charge in [-0.05, 0) is 34.5 Å². The zero-order valence-corrected chi connectivity index (χ0v) is 11.9. The van der Waals surface area contributed by atoms with Crippen LogP contribution in [0.5, 0.6) is 0 Å². The smallest absolute Gasteiger partial charge is 0.224 e. The van der Waals surface area contributed by atoms with E-state index in [1.165, 1.54) is 0 Å². The molecule has 0 aliphatic rings. The van der Waals surface area contributed by atoms with Gasteiger partial charge in [0.25, 0.3) is 0 Å². The fourth-order valence-electron chi connectivity index (χ4n) is 1.61. The lowest BCUT2D eigenvalue weighted by molar-refractivity contribution is -0.131. The third-order valence-electron chi connectivity index (χ3n) is 2.54. The zero-order valence-electron chi connectivity index (χ0n) is 10.3. The van der Waals surface area contributed by atoms with Gasteiger partial charge in [-0.1, -0.05) is 13.3 Å². The molecule has 0 fully saturated rings. The van der Waals surface area contributed by atoms with Crippen LogP contribution in [0.3, 0.4) is 0 Å². The highest BCUT2D eigenvalue weighted by molar-refractivity contribution is 9.10. The number of nitrogens with zero attached hydrogens (tertiary/aromatic N) is 1. The molecule has 1 heterocycles. The largest absolute Gasteiger partial charge is 0.452 e. The van der Waals surface area contributed by atoms with Gasteiger partial charge in [-0.2, -0.15) is 0 Å². The number of nitrogens with two attached hydrogens (primary N) is 1. The number of carbonyl (C=O) groups is 1. The molecule has 1 aromatic heterocycles. The van der Waals surface area contributed by atoms with E-state index in [1.807, 2.05) is 12.1 Å². The Morgan fingerprint density at radius 3 is 2.82 bits per heavy atom. The van der Waals surface area contributed by atoms with Crippen molar-refractivity contribution in [1.82, 2.24) is 4.90 Å². The standard InChI is InChI=1S/C12H19BrN2O2/c1-3-4-9(14)7-12(16)15(2)8-10-5-6-11(13)17-10/h5-6,9H,3-4,7-8,14H2,1-2H3. The molecule has 96 valence electrons. The number of amides is 1. The molecule has 17 heavy (non-hydrogen) atoms. The Labute approximate surface area is 110 Å². The lowest BCUT2D eigenvalue weighted by Crippen LogP contribution is -2.32. The Morgan fingerprint density at radius 1 is 1.59 bits per heavy atom. The van der Waals surface area contributed by atoms with Gasteiger partial charge in [-0.3, -0.25) is 4.79 Å². The summed E-state index contributed by atoms with van der Waals surface area (Å²) in [6.07, 6.45) is 2.28. The Hall–Kier alpha value is -0.810. The fraction of sp³-hybridized carbons (Fsp3) is 0.583. The van der Waals surface area contributed by atoms with E-state index in [4.69, 9.17) is 10.2 Å². The molecule has 1 unspecified atom stereocenters. The molecule has 5 heteroatoms. The molecule has 0 saturated heterocycles. The van der Waals surface area contributed by atoms with Crippen LogP contribution in [0.2, 0.25) is 0 Å². The lowest BCUT2D eigenvalue weighted by atomic mass is 10.1. The van der Waals surface area contributed by atoms with Crippen molar-refractivity contribution in [3.63, 3.8) is 0 Å². The summed E-state index contributed by atoms with van der Waals surface area (Å²) in [7, 11) is 1.76. The zero-order chi connectivity index (χ0) is 12.8. The van der Waals surface area contributed by atoms with Gasteiger partial charge in [0.1, 0.15) is 5.76 Å². The average molecular weight is 303 g/mol. The molecule has 1 rings (SSSR count). The van der Waals surface area contributed by atoms with Crippen molar-refractivity contribution < 1.29 is 9.21 Å². The first-order valence-corrected chi connectivity index (χ1v) is 6.56. The topological polar surface area (TPSA) is 59.5 Å². The van der Waals surface area contributed by atoms with Crippen LogP contribution < -0.4 is 5.73 Å². The maximum absolute atomic E-state index is 11.8. The molecule has 0 bridgehead atoms. The number of hydrogen-bond acceptors (Lipinski definition) is 3. The van der Waals surface area contributed by atoms with Crippen molar-refractivity contribution in [2.75, 3.05) is 7.05 Å². The van der Waals surface area contributed by atoms with Gasteiger partial charge in [0.05, 0.1) is 6.54 Å². The maximum atomic E-state index is 11.8. The summed E-state index contributed by atoms with van der Waals surface area (Å²) in [5, 5.41) is 0. The van der Waals surface area contributed by atoms with Gasteiger partial charge in [0, 0.05) is 19.5 Å². The number of carbonyl (C=O) groups excluding carboxylic acids is 1. The molecule has 1 atom stereocenters. The number of furan rings is 1. The highest BCUT2D eigenvalue weighted by atomic mass is 79.9. The van der Waals surface area contributed by atoms with Crippen molar-refractivity contribution in [3.8, 4) is 0 Å². The third kappa shape index (κ3) is 4.91. The predicted octanol–water partition coefficient (Wildman–Crippen LogP) is 2.52. The molecular formula is C12H19BrN2O2. The molecule has 0 spiro atoms. The van der Waals surface area contributed by atoms with Crippen molar-refractivity contribution >= 4 is 21.8 Å². The SMILES string of the molecule is CCCC(N)CC(=O)N(C)Cc1ccc(Br)o1. The van der Waals surface area contributed by atoms with Crippen molar-refractivity contribution in [3.05, 3.63) is 22.6 Å². The molecule has 1 aromatic rings. The molecule has 0 saturated carbocycles. The Kier molecular flexibility index (Phi) is 5.71. The summed E-state index contributed by atoms with van der Waals surface area (Å²) in [6.45, 7) is 2.54. The van der Waals surface area contributed by atoms with Gasteiger partial charge in [-0.25, -0.2) is 0 Å². The van der Waals surface area contributed by atoms with Crippen molar-refractivity contribution in [2.24, 2.45) is 5.73 Å². The van der Waals surface area contributed by atoms with Gasteiger partial charge in [0.15, 0.2) is 4.67 Å². The van der Waals surface area contributed by atoms with Crippen LogP contribution in [0.1, 0.15) is 31.9 Å². The summed E-state index contributed by atoms with van der Waals surface area (Å²) in [6, 6.07) is 3.62. The molecule has 2 N–H and O–H groups in total. The highest BCUT2D eigenvalue weighted by Gasteiger charge is 2.14. The van der Waals surface area contributed by atoms with Gasteiger partial charge in [-0.15, -0.1) is 0 Å². The van der Waals surface area contributed by atoms with Crippen molar-refractivity contribution in [2.45, 2.75) is 38.8 Å². The lowest BCUT2D eigenvalue weighted by Gasteiger charge is -2.18. The molecule has 0 aliphatic carbocycles. The van der Waals surface area contributed by atoms with E-state index < -0.39 is 0 Å². The number of rotatable bonds is 6. The van der Waals surface area contributed by atoms with Gasteiger partial charge < -0.3 is 15.1 Å². The fourth-order valence-corrected chi connectivity index (χ4v) is 1.95. The van der Waals surface area contributed by atoms with E-state index in [-0.39, 0.29) is 11.9 Å². The molecule has 0 aliphatic heterocycles. The van der Waals surface area contributed by atoms with Crippen LogP contribution >= 0.6 is 15.9 Å². The average Bonchev–Trinajstić information content (AvgIpc) is 2.64. The predicted molar refractivity (Wildman–Crippen MR) is 70.4 cm³/mol. The maximum Gasteiger partial charge on any atom is 0.224 e. The Balaban J connectivity index is 2.41. The molecule has 1 amide bonds. The number of halogens is 1. The van der Waals surface area contributed by atoms with Crippen LogP contribution in [0, 0.1) is 0 Å². The van der Waals surface area contributed by atoms with Crippen LogP contribution in [0.4, 0.5) is 0 Å². The molecule has 4 nitrogen and oxygen atoms in total. The second-order valence-corrected chi connectivity index (χ2v) is 4.99. The van der Waals surface area contributed by atoms with Crippen molar-refractivity contribution in [1.29, 1.82) is 0 Å². The second kappa shape index (κ2) is 6.81. The first-order chi connectivity index (χ1) is 8.02. The van der Waals surface area contributed by atoms with E-state index >= 15 is 0 Å². The Bertz CT molecular complexity index is 365.